The van der Waals surface area contributed by atoms with Crippen LogP contribution in [0.3, 0.4) is 0 Å². The highest BCUT2D eigenvalue weighted by molar-refractivity contribution is 6.90. The predicted octanol–water partition coefficient (Wildman–Crippen LogP) is 10.4. The van der Waals surface area contributed by atoms with E-state index in [-0.39, 0.29) is 13.2 Å². The first-order valence-electron chi connectivity index (χ1n) is 16.0. The van der Waals surface area contributed by atoms with Gasteiger partial charge in [0, 0.05) is 29.6 Å². The van der Waals surface area contributed by atoms with Crippen LogP contribution in [0.4, 0.5) is 0 Å². The highest BCUT2D eigenvalue weighted by Crippen LogP contribution is 2.41. The van der Waals surface area contributed by atoms with Crippen LogP contribution in [0, 0.1) is 36.6 Å². The predicted molar refractivity (Wildman–Crippen MR) is 194 cm³/mol. The molecule has 0 bridgehead atoms. The summed E-state index contributed by atoms with van der Waals surface area (Å²) in [7, 11) is -1.87. The van der Waals surface area contributed by atoms with Gasteiger partial charge in [0.15, 0.2) is 6.29 Å². The Labute approximate surface area is 285 Å². The first-order chi connectivity index (χ1) is 22.4. The first kappa shape index (κ1) is 35.5. The molecule has 0 aliphatic rings. The second-order valence-electron chi connectivity index (χ2n) is 12.9. The molecule has 7 heteroatoms. The molecule has 3 aromatic carbocycles. The maximum absolute atomic E-state index is 11.8. The van der Waals surface area contributed by atoms with Gasteiger partial charge in [-0.15, -0.1) is 5.54 Å². The van der Waals surface area contributed by atoms with Crippen LogP contribution in [-0.4, -0.2) is 19.3 Å². The normalized spacial score (nSPS) is 11.3. The minimum Gasteiger partial charge on any atom is -0.488 e. The molecular formula is C40H43ClN2O3Si. The Morgan fingerprint density at radius 1 is 0.851 bits per heavy atom. The minimum absolute atomic E-state index is 0.129. The second-order valence-corrected chi connectivity index (χ2v) is 18.9. The molecule has 0 saturated carbocycles. The number of hydrogen-bond acceptors (Lipinski definition) is 5. The number of halogens is 1. The van der Waals surface area contributed by atoms with Crippen LogP contribution in [0.1, 0.15) is 85.3 Å². The fourth-order valence-electron chi connectivity index (χ4n) is 6.63. The van der Waals surface area contributed by atoms with E-state index in [9.17, 15) is 4.79 Å². The van der Waals surface area contributed by atoms with Crippen molar-refractivity contribution >= 4 is 26.0 Å². The molecule has 0 aliphatic heterocycles. The third kappa shape index (κ3) is 7.79. The van der Waals surface area contributed by atoms with E-state index in [1.54, 1.807) is 18.3 Å². The molecule has 0 fully saturated rings. The van der Waals surface area contributed by atoms with E-state index in [0.29, 0.717) is 56.1 Å². The van der Waals surface area contributed by atoms with Crippen molar-refractivity contribution in [3.05, 3.63) is 111 Å². The van der Waals surface area contributed by atoms with Crippen molar-refractivity contribution in [2.75, 3.05) is 0 Å². The molecule has 5 nitrogen and oxygen atoms in total. The van der Waals surface area contributed by atoms with Gasteiger partial charge in [-0.3, -0.25) is 9.78 Å². The van der Waals surface area contributed by atoms with Crippen LogP contribution in [0.2, 0.25) is 21.6 Å². The number of rotatable bonds is 11. The summed E-state index contributed by atoms with van der Waals surface area (Å²) in [5, 5.41) is 9.47. The van der Waals surface area contributed by atoms with E-state index in [4.69, 9.17) is 26.3 Å². The number of carbonyl (C=O) groups excluding carboxylic acids is 1. The molecule has 4 aromatic rings. The lowest BCUT2D eigenvalue weighted by Crippen LogP contribution is -2.43. The lowest BCUT2D eigenvalue weighted by Gasteiger charge is -2.38. The lowest BCUT2D eigenvalue weighted by atomic mass is 9.92. The van der Waals surface area contributed by atoms with Crippen molar-refractivity contribution in [2.45, 2.75) is 85.2 Å². The molecular weight excluding hydrogens is 620 g/mol. The number of ether oxygens (including phenoxy) is 2. The molecule has 47 heavy (non-hydrogen) atoms. The van der Waals surface area contributed by atoms with Gasteiger partial charge < -0.3 is 9.47 Å². The summed E-state index contributed by atoms with van der Waals surface area (Å²) >= 11 is 6.53. The van der Waals surface area contributed by atoms with Gasteiger partial charge in [-0.1, -0.05) is 89.4 Å². The zero-order valence-electron chi connectivity index (χ0n) is 28.6. The first-order valence-corrected chi connectivity index (χ1v) is 18.6. The Morgan fingerprint density at radius 3 is 2.13 bits per heavy atom. The molecule has 4 rings (SSSR count). The quantitative estimate of drug-likeness (QED) is 0.0908. The van der Waals surface area contributed by atoms with Crippen molar-refractivity contribution < 1.29 is 14.3 Å². The summed E-state index contributed by atoms with van der Waals surface area (Å²) in [6.45, 7) is 18.7. The molecule has 1 heterocycles. The van der Waals surface area contributed by atoms with E-state index in [0.717, 1.165) is 27.8 Å². The molecule has 0 amide bonds. The Kier molecular flexibility index (Phi) is 11.7. The van der Waals surface area contributed by atoms with Gasteiger partial charge in [-0.05, 0) is 76.5 Å². The SMILES string of the molecule is Cc1c(C#C[Si](C(C)C)(C(C)C)C(C)C)cccc1-c1cccc(COc2cc(OCc3cncc(C#N)c3)c(C=O)cc2Cl)c1C. The number of benzene rings is 3. The third-order valence-corrected chi connectivity index (χ3v) is 15.8. The van der Waals surface area contributed by atoms with Crippen LogP contribution in [0.5, 0.6) is 11.5 Å². The van der Waals surface area contributed by atoms with E-state index < -0.39 is 8.07 Å². The maximum atomic E-state index is 11.8. The zero-order chi connectivity index (χ0) is 34.3. The summed E-state index contributed by atoms with van der Waals surface area (Å²) in [5.41, 5.74) is 13.7. The Balaban J connectivity index is 1.60. The number of carbonyl (C=O) groups is 1. The molecule has 0 radical (unpaired) electrons. The standard InChI is InChI=1S/C40H43ClN2O3Si/c1-26(2)47(27(3)4,28(5)6)16-15-33-11-9-13-36(29(33)7)37-14-10-12-34(30(37)8)25-46-40-19-39(35(23-44)18-38(40)41)45-24-32-17-31(20-42)21-43-22-32/h9-14,17-19,21-23,26-28H,24-25H2,1-8H3. The van der Waals surface area contributed by atoms with Gasteiger partial charge in [0.05, 0.1) is 16.1 Å². The molecule has 0 spiro atoms. The highest BCUT2D eigenvalue weighted by atomic mass is 35.5. The fourth-order valence-corrected chi connectivity index (χ4v) is 12.1. The van der Waals surface area contributed by atoms with Gasteiger partial charge in [-0.2, -0.15) is 5.26 Å². The molecule has 242 valence electrons. The maximum Gasteiger partial charge on any atom is 0.153 e. The fraction of sp³-hybridized carbons (Fsp3) is 0.325. The van der Waals surface area contributed by atoms with Crippen molar-refractivity contribution in [1.29, 1.82) is 5.26 Å². The monoisotopic (exact) mass is 662 g/mol. The molecule has 0 saturated heterocycles. The van der Waals surface area contributed by atoms with Crippen LogP contribution >= 0.6 is 11.6 Å². The average molecular weight is 663 g/mol. The number of aldehydes is 1. The Morgan fingerprint density at radius 2 is 1.49 bits per heavy atom. The summed E-state index contributed by atoms with van der Waals surface area (Å²) < 4.78 is 12.2. The van der Waals surface area contributed by atoms with Gasteiger partial charge in [0.25, 0.3) is 0 Å². The number of pyridine rings is 1. The zero-order valence-corrected chi connectivity index (χ0v) is 30.3. The van der Waals surface area contributed by atoms with Crippen LogP contribution in [0.15, 0.2) is 67.0 Å². The number of hydrogen-bond donors (Lipinski definition) is 0. The summed E-state index contributed by atoms with van der Waals surface area (Å²) in [4.78, 5) is 15.9. The molecule has 0 aliphatic carbocycles. The van der Waals surface area contributed by atoms with E-state index >= 15 is 0 Å². The van der Waals surface area contributed by atoms with Crippen molar-refractivity contribution in [1.82, 2.24) is 4.98 Å². The largest absolute Gasteiger partial charge is 0.488 e. The summed E-state index contributed by atoms with van der Waals surface area (Å²) in [6, 6.07) is 19.6. The topological polar surface area (TPSA) is 72.2 Å². The van der Waals surface area contributed by atoms with Crippen LogP contribution in [0.25, 0.3) is 11.1 Å². The van der Waals surface area contributed by atoms with E-state index in [2.05, 4.69) is 102 Å². The lowest BCUT2D eigenvalue weighted by molar-refractivity contribution is 0.111. The third-order valence-electron chi connectivity index (χ3n) is 9.24. The summed E-state index contributed by atoms with van der Waals surface area (Å²) in [6.07, 6.45) is 3.79. The second kappa shape index (κ2) is 15.5. The Hall–Kier alpha value is -4.36. The number of aromatic nitrogens is 1. The Bertz CT molecular complexity index is 1840. The van der Waals surface area contributed by atoms with Gasteiger partial charge >= 0.3 is 0 Å². The van der Waals surface area contributed by atoms with Crippen molar-refractivity contribution in [3.8, 4) is 40.2 Å². The summed E-state index contributed by atoms with van der Waals surface area (Å²) in [5.74, 6) is 4.39. The highest BCUT2D eigenvalue weighted by Gasteiger charge is 2.41. The van der Waals surface area contributed by atoms with E-state index in [1.165, 1.54) is 17.8 Å². The van der Waals surface area contributed by atoms with E-state index in [1.807, 2.05) is 12.1 Å². The molecule has 0 unspecified atom stereocenters. The molecule has 0 atom stereocenters. The number of nitrogens with zero attached hydrogens (tertiary/aromatic N) is 2. The minimum atomic E-state index is -1.87. The molecule has 1 aromatic heterocycles. The van der Waals surface area contributed by atoms with Crippen LogP contribution in [-0.2, 0) is 13.2 Å². The van der Waals surface area contributed by atoms with Crippen LogP contribution < -0.4 is 9.47 Å². The smallest absolute Gasteiger partial charge is 0.153 e. The van der Waals surface area contributed by atoms with Gasteiger partial charge in [-0.25, -0.2) is 0 Å². The molecule has 0 N–H and O–H groups in total. The van der Waals surface area contributed by atoms with Crippen molar-refractivity contribution in [3.63, 3.8) is 0 Å². The van der Waals surface area contributed by atoms with Crippen molar-refractivity contribution in [2.24, 2.45) is 0 Å². The average Bonchev–Trinajstić information content (AvgIpc) is 3.04. The van der Waals surface area contributed by atoms with Gasteiger partial charge in [0.1, 0.15) is 38.9 Å². The number of nitriles is 1. The van der Waals surface area contributed by atoms with Gasteiger partial charge in [0.2, 0.25) is 0 Å².